The van der Waals surface area contributed by atoms with Gasteiger partial charge in [0.05, 0.1) is 0 Å². The van der Waals surface area contributed by atoms with Crippen LogP contribution in [0.25, 0.3) is 16.7 Å². The summed E-state index contributed by atoms with van der Waals surface area (Å²) in [6.07, 6.45) is 0. The second kappa shape index (κ2) is 6.07. The van der Waals surface area contributed by atoms with Crippen LogP contribution in [0.5, 0.6) is 5.75 Å². The van der Waals surface area contributed by atoms with Gasteiger partial charge in [-0.3, -0.25) is 5.43 Å². The molecule has 0 amide bonds. The Morgan fingerprint density at radius 1 is 1.17 bits per heavy atom. The molecule has 0 radical (unpaired) electrons. The van der Waals surface area contributed by atoms with Gasteiger partial charge in [0.25, 0.3) is 0 Å². The standard InChI is InChI=1S/C16H11N7O/c1-10-6-14(20-19-11(8-17)9-18)16(24)15(7-10)23-21-12-4-2-3-5-13(12)22-23/h2-7,20,24H,1H3. The van der Waals surface area contributed by atoms with Crippen molar-refractivity contribution in [3.05, 3.63) is 42.0 Å². The summed E-state index contributed by atoms with van der Waals surface area (Å²) in [5.74, 6) is -0.139. The van der Waals surface area contributed by atoms with Crippen LogP contribution in [0, 0.1) is 29.6 Å². The summed E-state index contributed by atoms with van der Waals surface area (Å²) in [7, 11) is 0. The number of hydrazone groups is 1. The van der Waals surface area contributed by atoms with Gasteiger partial charge >= 0.3 is 0 Å². The Bertz CT molecular complexity index is 988. The average Bonchev–Trinajstić information content (AvgIpc) is 3.02. The lowest BCUT2D eigenvalue weighted by Crippen LogP contribution is -2.03. The van der Waals surface area contributed by atoms with Gasteiger partial charge in [-0.25, -0.2) is 0 Å². The highest BCUT2D eigenvalue weighted by Crippen LogP contribution is 2.32. The molecule has 0 aliphatic carbocycles. The minimum atomic E-state index is -0.347. The predicted molar refractivity (Wildman–Crippen MR) is 87.6 cm³/mol. The lowest BCUT2D eigenvalue weighted by molar-refractivity contribution is 0.469. The van der Waals surface area contributed by atoms with E-state index in [1.807, 2.05) is 31.2 Å². The zero-order valence-electron chi connectivity index (χ0n) is 12.6. The Morgan fingerprint density at radius 2 is 1.79 bits per heavy atom. The average molecular weight is 317 g/mol. The SMILES string of the molecule is Cc1cc(NN=C(C#N)C#N)c(O)c(-n2nc3ccccc3n2)c1. The van der Waals surface area contributed by atoms with E-state index in [2.05, 4.69) is 20.7 Å². The minimum absolute atomic E-state index is 0.139. The number of hydrogen-bond acceptors (Lipinski definition) is 7. The van der Waals surface area contributed by atoms with Crippen LogP contribution in [0.15, 0.2) is 41.5 Å². The van der Waals surface area contributed by atoms with E-state index in [-0.39, 0.29) is 17.1 Å². The zero-order valence-corrected chi connectivity index (χ0v) is 12.6. The van der Waals surface area contributed by atoms with E-state index < -0.39 is 0 Å². The van der Waals surface area contributed by atoms with Crippen molar-refractivity contribution in [2.75, 3.05) is 5.43 Å². The molecule has 1 aromatic heterocycles. The molecule has 0 aliphatic heterocycles. The molecule has 0 fully saturated rings. The molecule has 116 valence electrons. The molecule has 0 bridgehead atoms. The summed E-state index contributed by atoms with van der Waals surface area (Å²) >= 11 is 0. The van der Waals surface area contributed by atoms with Crippen molar-refractivity contribution in [1.82, 2.24) is 15.0 Å². The number of aryl methyl sites for hydroxylation is 1. The topological polar surface area (TPSA) is 123 Å². The number of aromatic nitrogens is 3. The van der Waals surface area contributed by atoms with Crippen LogP contribution in [-0.4, -0.2) is 25.8 Å². The van der Waals surface area contributed by atoms with Gasteiger partial charge in [-0.05, 0) is 36.8 Å². The summed E-state index contributed by atoms with van der Waals surface area (Å²) in [5.41, 5.74) is 4.99. The molecule has 2 aromatic carbocycles. The molecule has 0 saturated carbocycles. The van der Waals surface area contributed by atoms with Gasteiger partial charge in [0.2, 0.25) is 5.71 Å². The number of benzene rings is 2. The molecule has 8 nitrogen and oxygen atoms in total. The third kappa shape index (κ3) is 2.72. The first kappa shape index (κ1) is 15.0. The molecule has 0 aliphatic rings. The van der Waals surface area contributed by atoms with Gasteiger partial charge in [-0.2, -0.15) is 15.6 Å². The Labute approximate surface area is 136 Å². The van der Waals surface area contributed by atoms with Gasteiger partial charge in [-0.1, -0.05) is 12.1 Å². The fraction of sp³-hybridized carbons (Fsp3) is 0.0625. The van der Waals surface area contributed by atoms with E-state index in [1.54, 1.807) is 24.3 Å². The van der Waals surface area contributed by atoms with E-state index in [0.29, 0.717) is 16.7 Å². The maximum atomic E-state index is 10.5. The maximum Gasteiger partial charge on any atom is 0.237 e. The van der Waals surface area contributed by atoms with Crippen LogP contribution in [0.3, 0.4) is 0 Å². The van der Waals surface area contributed by atoms with Crippen LogP contribution in [0.1, 0.15) is 5.56 Å². The molecule has 1 heterocycles. The third-order valence-electron chi connectivity index (χ3n) is 3.24. The zero-order chi connectivity index (χ0) is 17.1. The van der Waals surface area contributed by atoms with E-state index in [4.69, 9.17) is 10.5 Å². The first-order valence-corrected chi connectivity index (χ1v) is 6.92. The molecule has 3 rings (SSSR count). The van der Waals surface area contributed by atoms with Crippen LogP contribution >= 0.6 is 0 Å². The highest BCUT2D eigenvalue weighted by Gasteiger charge is 2.13. The quantitative estimate of drug-likeness (QED) is 0.434. The number of hydrogen-bond donors (Lipinski definition) is 2. The van der Waals surface area contributed by atoms with Gasteiger partial charge < -0.3 is 5.11 Å². The van der Waals surface area contributed by atoms with Crippen LogP contribution in [-0.2, 0) is 0 Å². The normalized spacial score (nSPS) is 9.96. The van der Waals surface area contributed by atoms with Gasteiger partial charge in [0.15, 0.2) is 5.75 Å². The van der Waals surface area contributed by atoms with Gasteiger partial charge in [0.1, 0.15) is 34.5 Å². The van der Waals surface area contributed by atoms with Gasteiger partial charge in [-0.15, -0.1) is 15.0 Å². The molecule has 0 atom stereocenters. The van der Waals surface area contributed by atoms with Crippen LogP contribution in [0.4, 0.5) is 5.69 Å². The number of phenols is 1. The van der Waals surface area contributed by atoms with Crippen molar-refractivity contribution < 1.29 is 5.11 Å². The summed E-state index contributed by atoms with van der Waals surface area (Å²) in [5, 5.41) is 40.2. The van der Waals surface area contributed by atoms with Crippen LogP contribution < -0.4 is 5.43 Å². The fourth-order valence-corrected chi connectivity index (χ4v) is 2.16. The number of phenolic OH excluding ortho intramolecular Hbond substituents is 1. The van der Waals surface area contributed by atoms with Crippen molar-refractivity contribution in [2.24, 2.45) is 5.10 Å². The van der Waals surface area contributed by atoms with E-state index in [9.17, 15) is 5.11 Å². The molecule has 24 heavy (non-hydrogen) atoms. The van der Waals surface area contributed by atoms with Crippen molar-refractivity contribution in [2.45, 2.75) is 6.92 Å². The first-order chi connectivity index (χ1) is 11.6. The molecule has 0 unspecified atom stereocenters. The van der Waals surface area contributed by atoms with E-state index >= 15 is 0 Å². The molecular weight excluding hydrogens is 306 g/mol. The number of nitrogens with zero attached hydrogens (tertiary/aromatic N) is 6. The van der Waals surface area contributed by atoms with Crippen molar-refractivity contribution in [3.63, 3.8) is 0 Å². The highest BCUT2D eigenvalue weighted by molar-refractivity contribution is 6.10. The molecule has 0 spiro atoms. The number of aromatic hydroxyl groups is 1. The number of anilines is 1. The Balaban J connectivity index is 2.08. The second-order valence-electron chi connectivity index (χ2n) is 4.95. The molecule has 0 saturated heterocycles. The molecule has 2 N–H and O–H groups in total. The lowest BCUT2D eigenvalue weighted by Gasteiger charge is -2.10. The largest absolute Gasteiger partial charge is 0.504 e. The van der Waals surface area contributed by atoms with Gasteiger partial charge in [0, 0.05) is 0 Å². The second-order valence-corrected chi connectivity index (χ2v) is 4.95. The Morgan fingerprint density at radius 3 is 2.38 bits per heavy atom. The summed E-state index contributed by atoms with van der Waals surface area (Å²) in [4.78, 5) is 1.33. The number of fused-ring (bicyclic) bond motifs is 1. The number of nitrogens with one attached hydrogen (secondary N) is 1. The monoisotopic (exact) mass is 317 g/mol. The minimum Gasteiger partial charge on any atom is -0.504 e. The highest BCUT2D eigenvalue weighted by atomic mass is 16.3. The molecule has 3 aromatic rings. The molecule has 8 heteroatoms. The smallest absolute Gasteiger partial charge is 0.237 e. The van der Waals surface area contributed by atoms with Crippen molar-refractivity contribution in [1.29, 1.82) is 10.5 Å². The summed E-state index contributed by atoms with van der Waals surface area (Å²) in [6, 6.07) is 14.0. The number of nitriles is 2. The first-order valence-electron chi connectivity index (χ1n) is 6.92. The molecular formula is C16H11N7O. The third-order valence-corrected chi connectivity index (χ3v) is 3.24. The lowest BCUT2D eigenvalue weighted by atomic mass is 10.2. The maximum absolute atomic E-state index is 10.5. The Kier molecular flexibility index (Phi) is 3.79. The van der Waals surface area contributed by atoms with Crippen molar-refractivity contribution in [3.8, 4) is 23.6 Å². The summed E-state index contributed by atoms with van der Waals surface area (Å²) in [6.45, 7) is 1.83. The number of rotatable bonds is 3. The Hall–Kier alpha value is -3.91. The predicted octanol–water partition coefficient (Wildman–Crippen LogP) is 2.25. The van der Waals surface area contributed by atoms with Crippen LogP contribution in [0.2, 0.25) is 0 Å². The summed E-state index contributed by atoms with van der Waals surface area (Å²) < 4.78 is 0. The van der Waals surface area contributed by atoms with Crippen molar-refractivity contribution >= 4 is 22.4 Å². The fourth-order valence-electron chi connectivity index (χ4n) is 2.16. The van der Waals surface area contributed by atoms with E-state index in [1.165, 1.54) is 4.80 Å². The van der Waals surface area contributed by atoms with E-state index in [0.717, 1.165) is 5.56 Å².